The molecule has 0 aliphatic heterocycles. The summed E-state index contributed by atoms with van der Waals surface area (Å²) in [5, 5.41) is 10.3. The molecule has 1 unspecified atom stereocenters. The van der Waals surface area contributed by atoms with Crippen molar-refractivity contribution in [3.05, 3.63) is 45.9 Å². The lowest BCUT2D eigenvalue weighted by Crippen LogP contribution is -2.03. The topological polar surface area (TPSA) is 42.4 Å². The molecule has 90 valence electrons. The molecule has 0 aromatic carbocycles. The number of aliphatic hydroxyl groups excluding tert-OH is 1. The molecule has 0 bridgehead atoms. The monoisotopic (exact) mass is 249 g/mol. The minimum atomic E-state index is -0.712. The molecular weight excluding hydrogens is 234 g/mol. The molecule has 0 radical (unpaired) electrons. The summed E-state index contributed by atoms with van der Waals surface area (Å²) in [6.45, 7) is 2.10. The van der Waals surface area contributed by atoms with Gasteiger partial charge < -0.3 is 9.84 Å². The first-order valence-corrected chi connectivity index (χ1v) is 6.33. The van der Waals surface area contributed by atoms with Crippen LogP contribution in [0.2, 0.25) is 0 Å². The van der Waals surface area contributed by atoms with Gasteiger partial charge in [-0.15, -0.1) is 11.3 Å². The van der Waals surface area contributed by atoms with Crippen LogP contribution in [0.3, 0.4) is 0 Å². The van der Waals surface area contributed by atoms with Crippen LogP contribution in [0, 0.1) is 0 Å². The smallest absolute Gasteiger partial charge is 0.143 e. The Hall–Kier alpha value is -1.39. The average molecular weight is 249 g/mol. The lowest BCUT2D eigenvalue weighted by Gasteiger charge is -2.11. The van der Waals surface area contributed by atoms with E-state index in [-0.39, 0.29) is 0 Å². The summed E-state index contributed by atoms with van der Waals surface area (Å²) < 4.78 is 5.20. The van der Waals surface area contributed by atoms with Gasteiger partial charge in [-0.1, -0.05) is 6.92 Å². The third kappa shape index (κ3) is 2.48. The molecular formula is C13H15NO2S. The third-order valence-corrected chi connectivity index (χ3v) is 3.86. The SMILES string of the molecule is CCc1ccc(C(O)c2ncccc2OC)s1. The highest BCUT2D eigenvalue weighted by atomic mass is 32.1. The Morgan fingerprint density at radius 3 is 2.88 bits per heavy atom. The highest BCUT2D eigenvalue weighted by Crippen LogP contribution is 2.31. The number of nitrogens with zero attached hydrogens (tertiary/aromatic N) is 1. The first-order chi connectivity index (χ1) is 8.26. The molecule has 0 aliphatic rings. The van der Waals surface area contributed by atoms with Crippen molar-refractivity contribution >= 4 is 11.3 Å². The molecule has 0 saturated heterocycles. The summed E-state index contributed by atoms with van der Waals surface area (Å²) in [5.74, 6) is 0.617. The van der Waals surface area contributed by atoms with Crippen molar-refractivity contribution in [2.24, 2.45) is 0 Å². The summed E-state index contributed by atoms with van der Waals surface area (Å²) >= 11 is 1.61. The van der Waals surface area contributed by atoms with Gasteiger partial charge in [0, 0.05) is 16.0 Å². The summed E-state index contributed by atoms with van der Waals surface area (Å²) in [6.07, 6.45) is 1.93. The molecule has 17 heavy (non-hydrogen) atoms. The minimum absolute atomic E-state index is 0.569. The first-order valence-electron chi connectivity index (χ1n) is 5.51. The zero-order valence-corrected chi connectivity index (χ0v) is 10.7. The number of thiophene rings is 1. The molecule has 2 aromatic heterocycles. The molecule has 0 amide bonds. The molecule has 0 fully saturated rings. The third-order valence-electron chi connectivity index (χ3n) is 2.58. The van der Waals surface area contributed by atoms with Crippen LogP contribution in [0.5, 0.6) is 5.75 Å². The van der Waals surface area contributed by atoms with Gasteiger partial charge in [-0.05, 0) is 30.7 Å². The average Bonchev–Trinajstić information content (AvgIpc) is 2.86. The van der Waals surface area contributed by atoms with Crippen LogP contribution in [0.15, 0.2) is 30.5 Å². The van der Waals surface area contributed by atoms with E-state index in [0.717, 1.165) is 11.3 Å². The molecule has 0 aliphatic carbocycles. The maximum Gasteiger partial charge on any atom is 0.143 e. The fourth-order valence-corrected chi connectivity index (χ4v) is 2.59. The second kappa shape index (κ2) is 5.29. The molecule has 2 rings (SSSR count). The van der Waals surface area contributed by atoms with Crippen molar-refractivity contribution in [2.45, 2.75) is 19.4 Å². The predicted octanol–water partition coefficient (Wildman–Crippen LogP) is 2.80. The fourth-order valence-electron chi connectivity index (χ4n) is 1.65. The van der Waals surface area contributed by atoms with E-state index < -0.39 is 6.10 Å². The van der Waals surface area contributed by atoms with E-state index in [0.29, 0.717) is 11.4 Å². The quantitative estimate of drug-likeness (QED) is 0.906. The van der Waals surface area contributed by atoms with E-state index in [1.807, 2.05) is 12.1 Å². The van der Waals surface area contributed by atoms with Crippen molar-refractivity contribution < 1.29 is 9.84 Å². The Balaban J connectivity index is 2.32. The van der Waals surface area contributed by atoms with Gasteiger partial charge in [-0.2, -0.15) is 0 Å². The van der Waals surface area contributed by atoms with Crippen molar-refractivity contribution in [1.29, 1.82) is 0 Å². The molecule has 4 heteroatoms. The highest BCUT2D eigenvalue weighted by molar-refractivity contribution is 7.12. The molecule has 3 nitrogen and oxygen atoms in total. The van der Waals surface area contributed by atoms with Crippen LogP contribution in [0.4, 0.5) is 0 Å². The molecule has 1 N–H and O–H groups in total. The normalized spacial score (nSPS) is 12.4. The highest BCUT2D eigenvalue weighted by Gasteiger charge is 2.18. The van der Waals surface area contributed by atoms with Crippen molar-refractivity contribution in [3.8, 4) is 5.75 Å². The van der Waals surface area contributed by atoms with Crippen LogP contribution < -0.4 is 4.74 Å². The van der Waals surface area contributed by atoms with E-state index in [1.165, 1.54) is 4.88 Å². The number of rotatable bonds is 4. The molecule has 0 saturated carbocycles. The van der Waals surface area contributed by atoms with Crippen LogP contribution in [0.1, 0.15) is 28.5 Å². The van der Waals surface area contributed by atoms with E-state index >= 15 is 0 Å². The number of hydrogen-bond donors (Lipinski definition) is 1. The molecule has 2 heterocycles. The van der Waals surface area contributed by atoms with Gasteiger partial charge >= 0.3 is 0 Å². The summed E-state index contributed by atoms with van der Waals surface area (Å²) in [7, 11) is 1.58. The Labute approximate surface area is 105 Å². The number of hydrogen-bond acceptors (Lipinski definition) is 4. The van der Waals surface area contributed by atoms with Gasteiger partial charge in [0.1, 0.15) is 17.5 Å². The largest absolute Gasteiger partial charge is 0.495 e. The number of aryl methyl sites for hydroxylation is 1. The number of aromatic nitrogens is 1. The second-order valence-corrected chi connectivity index (χ2v) is 4.85. The van der Waals surface area contributed by atoms with Crippen molar-refractivity contribution in [2.75, 3.05) is 7.11 Å². The van der Waals surface area contributed by atoms with Crippen LogP contribution in [0.25, 0.3) is 0 Å². The minimum Gasteiger partial charge on any atom is -0.495 e. The molecule has 1 atom stereocenters. The summed E-state index contributed by atoms with van der Waals surface area (Å²) in [6, 6.07) is 7.59. The van der Waals surface area contributed by atoms with Crippen LogP contribution >= 0.6 is 11.3 Å². The van der Waals surface area contributed by atoms with E-state index in [4.69, 9.17) is 4.74 Å². The van der Waals surface area contributed by atoms with Gasteiger partial charge in [0.15, 0.2) is 0 Å². The lowest BCUT2D eigenvalue weighted by molar-refractivity contribution is 0.213. The van der Waals surface area contributed by atoms with Crippen molar-refractivity contribution in [1.82, 2.24) is 4.98 Å². The van der Waals surface area contributed by atoms with E-state index in [2.05, 4.69) is 11.9 Å². The second-order valence-electron chi connectivity index (χ2n) is 3.65. The number of ether oxygens (including phenoxy) is 1. The molecule has 2 aromatic rings. The van der Waals surface area contributed by atoms with Gasteiger partial charge in [-0.3, -0.25) is 4.98 Å². The van der Waals surface area contributed by atoms with Crippen molar-refractivity contribution in [3.63, 3.8) is 0 Å². The van der Waals surface area contributed by atoms with Crippen LogP contribution in [-0.2, 0) is 6.42 Å². The van der Waals surface area contributed by atoms with E-state index in [1.54, 1.807) is 36.8 Å². The Kier molecular flexibility index (Phi) is 3.76. The van der Waals surface area contributed by atoms with Crippen LogP contribution in [-0.4, -0.2) is 17.2 Å². The zero-order chi connectivity index (χ0) is 12.3. The predicted molar refractivity (Wildman–Crippen MR) is 68.5 cm³/mol. The zero-order valence-electron chi connectivity index (χ0n) is 9.88. The summed E-state index contributed by atoms with van der Waals surface area (Å²) in [4.78, 5) is 6.35. The maximum absolute atomic E-state index is 10.3. The Bertz CT molecular complexity index is 496. The van der Waals surface area contributed by atoms with Gasteiger partial charge in [-0.25, -0.2) is 0 Å². The number of pyridine rings is 1. The fraction of sp³-hybridized carbons (Fsp3) is 0.308. The van der Waals surface area contributed by atoms with Gasteiger partial charge in [0.25, 0.3) is 0 Å². The van der Waals surface area contributed by atoms with E-state index in [9.17, 15) is 5.11 Å². The van der Waals surface area contributed by atoms with Gasteiger partial charge in [0.2, 0.25) is 0 Å². The first kappa shape index (κ1) is 12.1. The number of methoxy groups -OCH3 is 1. The number of aliphatic hydroxyl groups is 1. The molecule has 0 spiro atoms. The lowest BCUT2D eigenvalue weighted by atomic mass is 10.2. The summed E-state index contributed by atoms with van der Waals surface area (Å²) in [5.41, 5.74) is 0.569. The Morgan fingerprint density at radius 1 is 1.41 bits per heavy atom. The standard InChI is InChI=1S/C13H15NO2S/c1-3-9-6-7-11(17-9)13(15)12-10(16-2)5-4-8-14-12/h4-8,13,15H,3H2,1-2H3. The maximum atomic E-state index is 10.3. The Morgan fingerprint density at radius 2 is 2.24 bits per heavy atom. The van der Waals surface area contributed by atoms with Gasteiger partial charge in [0.05, 0.1) is 7.11 Å².